The van der Waals surface area contributed by atoms with Crippen molar-refractivity contribution >= 4 is 5.97 Å². The van der Waals surface area contributed by atoms with E-state index in [1.807, 2.05) is 38.1 Å². The van der Waals surface area contributed by atoms with Crippen LogP contribution in [0.5, 0.6) is 0 Å². The molecular weight excluding hydrogens is 312 g/mol. The summed E-state index contributed by atoms with van der Waals surface area (Å²) in [5, 5.41) is 0. The first-order chi connectivity index (χ1) is 11.7. The Morgan fingerprint density at radius 2 is 1.76 bits per heavy atom. The molecule has 0 aliphatic carbocycles. The second-order valence-electron chi connectivity index (χ2n) is 7.67. The summed E-state index contributed by atoms with van der Waals surface area (Å²) in [5.74, 6) is -0.377. The van der Waals surface area contributed by atoms with E-state index < -0.39 is 0 Å². The Hall–Kier alpha value is -2.20. The lowest BCUT2D eigenvalue weighted by Crippen LogP contribution is -2.19. The summed E-state index contributed by atoms with van der Waals surface area (Å²) in [6.07, 6.45) is 0.792. The van der Waals surface area contributed by atoms with E-state index in [1.54, 1.807) is 0 Å². The summed E-state index contributed by atoms with van der Waals surface area (Å²) >= 11 is 0. The largest absolute Gasteiger partial charge is 0.465 e. The number of aryl methyl sites for hydroxylation is 2. The van der Waals surface area contributed by atoms with E-state index in [1.165, 1.54) is 12.7 Å². The number of nitrogens with two attached hydrogens (primary N) is 1. The van der Waals surface area contributed by atoms with E-state index in [0.717, 1.165) is 28.8 Å². The molecule has 0 bridgehead atoms. The lowest BCUT2D eigenvalue weighted by Gasteiger charge is -2.23. The molecule has 0 spiro atoms. The zero-order valence-corrected chi connectivity index (χ0v) is 16.1. The zero-order valence-electron chi connectivity index (χ0n) is 16.1. The van der Waals surface area contributed by atoms with Crippen LogP contribution in [0, 0.1) is 19.3 Å². The SMILES string of the molecule is COC(=O)c1c(C)nc(CC(C)(C)C)c(CN)c1-c1ccc(C)cc1. The molecule has 4 heteroatoms. The van der Waals surface area contributed by atoms with Gasteiger partial charge in [-0.15, -0.1) is 0 Å². The highest BCUT2D eigenvalue weighted by Crippen LogP contribution is 2.34. The molecule has 25 heavy (non-hydrogen) atoms. The molecule has 0 unspecified atom stereocenters. The number of hydrogen-bond acceptors (Lipinski definition) is 4. The number of carbonyl (C=O) groups excluding carboxylic acids is 1. The standard InChI is InChI=1S/C21H28N2O2/c1-13-7-9-15(10-8-13)19-16(12-22)17(11-21(3,4)5)23-14(2)18(19)20(24)25-6/h7-10H,11-12,22H2,1-6H3. The van der Waals surface area contributed by atoms with Crippen LogP contribution in [0.2, 0.25) is 0 Å². The Labute approximate surface area is 150 Å². The van der Waals surface area contributed by atoms with Crippen LogP contribution in [0.15, 0.2) is 24.3 Å². The van der Waals surface area contributed by atoms with Gasteiger partial charge in [0.15, 0.2) is 0 Å². The quantitative estimate of drug-likeness (QED) is 0.847. The maximum Gasteiger partial charge on any atom is 0.340 e. The van der Waals surface area contributed by atoms with Crippen molar-refractivity contribution in [2.45, 2.75) is 47.6 Å². The van der Waals surface area contributed by atoms with Crippen molar-refractivity contribution in [3.8, 4) is 11.1 Å². The minimum atomic E-state index is -0.377. The fourth-order valence-electron chi connectivity index (χ4n) is 3.06. The normalized spacial score (nSPS) is 11.5. The van der Waals surface area contributed by atoms with E-state index in [-0.39, 0.29) is 11.4 Å². The molecule has 2 aromatic rings. The minimum absolute atomic E-state index is 0.0701. The number of aromatic nitrogens is 1. The van der Waals surface area contributed by atoms with Crippen molar-refractivity contribution < 1.29 is 9.53 Å². The minimum Gasteiger partial charge on any atom is -0.465 e. The van der Waals surface area contributed by atoms with Crippen LogP contribution < -0.4 is 5.73 Å². The highest BCUT2D eigenvalue weighted by atomic mass is 16.5. The number of esters is 1. The van der Waals surface area contributed by atoms with Crippen molar-refractivity contribution in [3.05, 3.63) is 52.3 Å². The molecule has 1 heterocycles. The summed E-state index contributed by atoms with van der Waals surface area (Å²) in [7, 11) is 1.39. The van der Waals surface area contributed by atoms with Crippen LogP contribution in [0.25, 0.3) is 11.1 Å². The Morgan fingerprint density at radius 1 is 1.16 bits per heavy atom. The number of hydrogen-bond donors (Lipinski definition) is 1. The maximum atomic E-state index is 12.5. The van der Waals surface area contributed by atoms with Crippen molar-refractivity contribution in [1.29, 1.82) is 0 Å². The zero-order chi connectivity index (χ0) is 18.8. The molecule has 0 aliphatic heterocycles. The predicted octanol–water partition coefficient (Wildman–Crippen LogP) is 4.20. The first-order valence-corrected chi connectivity index (χ1v) is 8.55. The second-order valence-corrected chi connectivity index (χ2v) is 7.67. The molecule has 2 N–H and O–H groups in total. The van der Waals surface area contributed by atoms with Gasteiger partial charge in [-0.25, -0.2) is 4.79 Å². The summed E-state index contributed by atoms with van der Waals surface area (Å²) in [6.45, 7) is 10.7. The third-order valence-corrected chi connectivity index (χ3v) is 4.20. The first-order valence-electron chi connectivity index (χ1n) is 8.55. The van der Waals surface area contributed by atoms with Crippen LogP contribution in [0.1, 0.15) is 53.6 Å². The van der Waals surface area contributed by atoms with Crippen molar-refractivity contribution in [3.63, 3.8) is 0 Å². The maximum absolute atomic E-state index is 12.5. The van der Waals surface area contributed by atoms with Crippen LogP contribution >= 0.6 is 0 Å². The number of carbonyl (C=O) groups is 1. The third kappa shape index (κ3) is 4.26. The molecular formula is C21H28N2O2. The number of nitrogens with zero attached hydrogens (tertiary/aromatic N) is 1. The second kappa shape index (κ2) is 7.36. The Kier molecular flexibility index (Phi) is 5.63. The molecule has 0 radical (unpaired) electrons. The fourth-order valence-corrected chi connectivity index (χ4v) is 3.06. The highest BCUT2D eigenvalue weighted by molar-refractivity contribution is 5.99. The van der Waals surface area contributed by atoms with Gasteiger partial charge in [-0.1, -0.05) is 50.6 Å². The third-order valence-electron chi connectivity index (χ3n) is 4.20. The van der Waals surface area contributed by atoms with Crippen molar-refractivity contribution in [2.24, 2.45) is 11.1 Å². The number of benzene rings is 1. The average molecular weight is 340 g/mol. The smallest absolute Gasteiger partial charge is 0.340 e. The fraction of sp³-hybridized carbons (Fsp3) is 0.429. The lowest BCUT2D eigenvalue weighted by atomic mass is 9.85. The summed E-state index contributed by atoms with van der Waals surface area (Å²) in [6, 6.07) is 8.12. The van der Waals surface area contributed by atoms with Crippen LogP contribution in [-0.2, 0) is 17.7 Å². The van der Waals surface area contributed by atoms with Gasteiger partial charge in [0.05, 0.1) is 18.4 Å². The van der Waals surface area contributed by atoms with Gasteiger partial charge in [-0.3, -0.25) is 4.98 Å². The molecule has 1 aromatic heterocycles. The van der Waals surface area contributed by atoms with E-state index in [9.17, 15) is 4.79 Å². The van der Waals surface area contributed by atoms with Gasteiger partial charge >= 0.3 is 5.97 Å². The topological polar surface area (TPSA) is 65.2 Å². The number of pyridine rings is 1. The van der Waals surface area contributed by atoms with Gasteiger partial charge in [0.2, 0.25) is 0 Å². The monoisotopic (exact) mass is 340 g/mol. The van der Waals surface area contributed by atoms with Crippen molar-refractivity contribution in [1.82, 2.24) is 4.98 Å². The van der Waals surface area contributed by atoms with E-state index in [2.05, 4.69) is 20.8 Å². The number of ether oxygens (including phenoxy) is 1. The summed E-state index contributed by atoms with van der Waals surface area (Å²) in [4.78, 5) is 17.2. The number of rotatable bonds is 4. The van der Waals surface area contributed by atoms with E-state index in [0.29, 0.717) is 17.8 Å². The van der Waals surface area contributed by atoms with Crippen LogP contribution in [-0.4, -0.2) is 18.1 Å². The summed E-state index contributed by atoms with van der Waals surface area (Å²) in [5.41, 5.74) is 12.2. The van der Waals surface area contributed by atoms with Gasteiger partial charge in [-0.2, -0.15) is 0 Å². The molecule has 0 amide bonds. The first kappa shape index (κ1) is 19.1. The summed E-state index contributed by atoms with van der Waals surface area (Å²) < 4.78 is 5.02. The molecule has 1 aromatic carbocycles. The molecule has 0 saturated heterocycles. The molecule has 0 atom stereocenters. The van der Waals surface area contributed by atoms with Crippen molar-refractivity contribution in [2.75, 3.05) is 7.11 Å². The molecule has 0 fully saturated rings. The van der Waals surface area contributed by atoms with Crippen LogP contribution in [0.4, 0.5) is 0 Å². The number of methoxy groups -OCH3 is 1. The van der Waals surface area contributed by atoms with Gasteiger partial charge in [0.25, 0.3) is 0 Å². The molecule has 0 saturated carbocycles. The Balaban J connectivity index is 2.82. The molecule has 134 valence electrons. The van der Waals surface area contributed by atoms with Gasteiger partial charge in [0, 0.05) is 17.8 Å². The van der Waals surface area contributed by atoms with Gasteiger partial charge in [0.1, 0.15) is 0 Å². The van der Waals surface area contributed by atoms with E-state index in [4.69, 9.17) is 15.5 Å². The Morgan fingerprint density at radius 3 is 2.24 bits per heavy atom. The predicted molar refractivity (Wildman–Crippen MR) is 102 cm³/mol. The molecule has 4 nitrogen and oxygen atoms in total. The van der Waals surface area contributed by atoms with Crippen LogP contribution in [0.3, 0.4) is 0 Å². The van der Waals surface area contributed by atoms with E-state index >= 15 is 0 Å². The van der Waals surface area contributed by atoms with Gasteiger partial charge in [-0.05, 0) is 36.8 Å². The molecule has 2 rings (SSSR count). The average Bonchev–Trinajstić information content (AvgIpc) is 2.53. The van der Waals surface area contributed by atoms with Gasteiger partial charge < -0.3 is 10.5 Å². The molecule has 0 aliphatic rings. The lowest BCUT2D eigenvalue weighted by molar-refractivity contribution is 0.0600. The highest BCUT2D eigenvalue weighted by Gasteiger charge is 2.25. The Bertz CT molecular complexity index is 772.